The fraction of sp³-hybridized carbons (Fsp3) is 0.278. The van der Waals surface area contributed by atoms with Crippen LogP contribution in [0.4, 0.5) is 0 Å². The largest absolute Gasteiger partial charge is 0.349 e. The minimum Gasteiger partial charge on any atom is -0.349 e. The summed E-state index contributed by atoms with van der Waals surface area (Å²) in [6.45, 7) is 1.62. The molecule has 1 aromatic heterocycles. The smallest absolute Gasteiger partial charge is 0.269 e. The van der Waals surface area contributed by atoms with Crippen LogP contribution in [0.15, 0.2) is 42.6 Å². The van der Waals surface area contributed by atoms with E-state index in [0.29, 0.717) is 23.7 Å². The van der Waals surface area contributed by atoms with Gasteiger partial charge in [-0.05, 0) is 43.9 Å². The molecule has 7 heteroatoms. The Hall–Kier alpha value is -2.44. The van der Waals surface area contributed by atoms with E-state index in [9.17, 15) is 9.59 Å². The number of benzene rings is 1. The van der Waals surface area contributed by atoms with Crippen molar-refractivity contribution in [3.63, 3.8) is 0 Å². The van der Waals surface area contributed by atoms with Gasteiger partial charge in [0.1, 0.15) is 5.69 Å². The summed E-state index contributed by atoms with van der Waals surface area (Å²) in [5.74, 6) is -0.561. The molecule has 1 aromatic carbocycles. The quantitative estimate of drug-likeness (QED) is 0.791. The number of aromatic nitrogens is 1. The van der Waals surface area contributed by atoms with Crippen LogP contribution in [-0.2, 0) is 6.54 Å². The summed E-state index contributed by atoms with van der Waals surface area (Å²) in [5.41, 5.74) is 1.55. The first kappa shape index (κ1) is 18.9. The average Bonchev–Trinajstić information content (AvgIpc) is 2.60. The molecule has 6 nitrogen and oxygen atoms in total. The first-order chi connectivity index (χ1) is 12.0. The zero-order valence-electron chi connectivity index (χ0n) is 14.3. The van der Waals surface area contributed by atoms with E-state index in [1.807, 2.05) is 31.1 Å². The van der Waals surface area contributed by atoms with Gasteiger partial charge in [0, 0.05) is 36.4 Å². The van der Waals surface area contributed by atoms with E-state index in [2.05, 4.69) is 15.6 Å². The maximum Gasteiger partial charge on any atom is 0.269 e. The lowest BCUT2D eigenvalue weighted by Crippen LogP contribution is -2.32. The molecule has 0 aliphatic rings. The predicted molar refractivity (Wildman–Crippen MR) is 97.7 cm³/mol. The van der Waals surface area contributed by atoms with E-state index in [1.54, 1.807) is 18.2 Å². The van der Waals surface area contributed by atoms with Crippen LogP contribution in [-0.4, -0.2) is 48.9 Å². The molecular weight excluding hydrogens is 340 g/mol. The molecule has 0 bridgehead atoms. The monoisotopic (exact) mass is 360 g/mol. The zero-order valence-corrected chi connectivity index (χ0v) is 15.0. The van der Waals surface area contributed by atoms with Gasteiger partial charge in [-0.25, -0.2) is 0 Å². The normalized spacial score (nSPS) is 10.6. The number of likely N-dealkylation sites (N-methyl/N-ethyl adjacent to an activating group) is 1. The molecule has 0 atom stereocenters. The molecule has 1 heterocycles. The number of halogens is 1. The second-order valence-corrected chi connectivity index (χ2v) is 6.23. The van der Waals surface area contributed by atoms with Gasteiger partial charge in [0.2, 0.25) is 0 Å². The Bertz CT molecular complexity index is 732. The Kier molecular flexibility index (Phi) is 6.91. The van der Waals surface area contributed by atoms with Gasteiger partial charge < -0.3 is 15.5 Å². The third-order valence-electron chi connectivity index (χ3n) is 3.47. The van der Waals surface area contributed by atoms with Crippen molar-refractivity contribution in [1.82, 2.24) is 20.5 Å². The Morgan fingerprint density at radius 1 is 1.08 bits per heavy atom. The molecule has 0 fully saturated rings. The summed E-state index contributed by atoms with van der Waals surface area (Å²) in [5, 5.41) is 6.23. The van der Waals surface area contributed by atoms with Crippen LogP contribution >= 0.6 is 11.6 Å². The first-order valence-corrected chi connectivity index (χ1v) is 8.25. The molecule has 0 unspecified atom stereocenters. The lowest BCUT2D eigenvalue weighted by Gasteiger charge is -2.10. The molecule has 0 aliphatic heterocycles. The number of nitrogens with one attached hydrogen (secondary N) is 2. The predicted octanol–water partition coefficient (Wildman–Crippen LogP) is 1.96. The lowest BCUT2D eigenvalue weighted by molar-refractivity contribution is 0.0946. The van der Waals surface area contributed by atoms with Crippen molar-refractivity contribution in [2.75, 3.05) is 27.2 Å². The molecule has 2 amide bonds. The number of carbonyl (C=O) groups excluding carboxylic acids is 2. The van der Waals surface area contributed by atoms with Gasteiger partial charge in [-0.3, -0.25) is 14.6 Å². The van der Waals surface area contributed by atoms with Crippen LogP contribution in [0.5, 0.6) is 0 Å². The minimum absolute atomic E-state index is 0.220. The van der Waals surface area contributed by atoms with Gasteiger partial charge in [0.05, 0.1) is 0 Å². The van der Waals surface area contributed by atoms with E-state index >= 15 is 0 Å². The molecule has 2 rings (SSSR count). The second-order valence-electron chi connectivity index (χ2n) is 5.80. The maximum absolute atomic E-state index is 12.3. The fourth-order valence-electron chi connectivity index (χ4n) is 2.07. The van der Waals surface area contributed by atoms with Crippen LogP contribution in [0.1, 0.15) is 26.4 Å². The Balaban J connectivity index is 1.93. The second kappa shape index (κ2) is 9.15. The van der Waals surface area contributed by atoms with Crippen LogP contribution in [0.2, 0.25) is 5.02 Å². The van der Waals surface area contributed by atoms with Gasteiger partial charge in [-0.2, -0.15) is 0 Å². The summed E-state index contributed by atoms with van der Waals surface area (Å²) in [4.78, 5) is 30.3. The van der Waals surface area contributed by atoms with Crippen molar-refractivity contribution in [3.8, 4) is 0 Å². The molecule has 25 heavy (non-hydrogen) atoms. The zero-order chi connectivity index (χ0) is 18.2. The molecule has 0 saturated heterocycles. The van der Waals surface area contributed by atoms with Crippen LogP contribution < -0.4 is 10.6 Å². The van der Waals surface area contributed by atoms with Crippen LogP contribution in [0, 0.1) is 0 Å². The van der Waals surface area contributed by atoms with Gasteiger partial charge in [-0.15, -0.1) is 0 Å². The van der Waals surface area contributed by atoms with E-state index < -0.39 is 0 Å². The third-order valence-corrected chi connectivity index (χ3v) is 3.72. The molecule has 132 valence electrons. The molecular formula is C18H21ClN4O2. The molecule has 0 aliphatic carbocycles. The highest BCUT2D eigenvalue weighted by Crippen LogP contribution is 2.09. The molecule has 2 aromatic rings. The molecule has 0 spiro atoms. The lowest BCUT2D eigenvalue weighted by atomic mass is 10.2. The van der Waals surface area contributed by atoms with E-state index in [4.69, 9.17) is 11.6 Å². The summed E-state index contributed by atoms with van der Waals surface area (Å²) in [6.07, 6.45) is 1.46. The number of nitrogens with zero attached hydrogens (tertiary/aromatic N) is 2. The van der Waals surface area contributed by atoms with Gasteiger partial charge in [0.15, 0.2) is 0 Å². The van der Waals surface area contributed by atoms with E-state index in [1.165, 1.54) is 12.3 Å². The fourth-order valence-corrected chi connectivity index (χ4v) is 2.19. The Morgan fingerprint density at radius 3 is 2.48 bits per heavy atom. The first-order valence-electron chi connectivity index (χ1n) is 7.87. The van der Waals surface area contributed by atoms with Crippen molar-refractivity contribution >= 4 is 23.4 Å². The summed E-state index contributed by atoms with van der Waals surface area (Å²) >= 11 is 5.84. The van der Waals surface area contributed by atoms with Crippen molar-refractivity contribution in [2.45, 2.75) is 6.54 Å². The van der Waals surface area contributed by atoms with E-state index in [0.717, 1.165) is 12.1 Å². The van der Waals surface area contributed by atoms with Crippen molar-refractivity contribution in [3.05, 3.63) is 64.4 Å². The summed E-state index contributed by atoms with van der Waals surface area (Å²) in [6, 6.07) is 10.3. The Morgan fingerprint density at radius 2 is 1.80 bits per heavy atom. The number of carbonyl (C=O) groups is 2. The van der Waals surface area contributed by atoms with Gasteiger partial charge in [-0.1, -0.05) is 23.7 Å². The third kappa shape index (κ3) is 6.17. The number of hydrogen-bond acceptors (Lipinski definition) is 4. The van der Waals surface area contributed by atoms with Crippen molar-refractivity contribution < 1.29 is 9.59 Å². The standard InChI is InChI=1S/C18H21ClN4O2/c1-23(2)10-9-21-18(25)16-11-14(7-8-20-16)17(24)22-12-13-3-5-15(19)6-4-13/h3-8,11H,9-10,12H2,1-2H3,(H,21,25)(H,22,24). The number of rotatable bonds is 7. The Labute approximate surface area is 152 Å². The average molecular weight is 361 g/mol. The van der Waals surface area contributed by atoms with Crippen LogP contribution in [0.3, 0.4) is 0 Å². The van der Waals surface area contributed by atoms with E-state index in [-0.39, 0.29) is 17.5 Å². The highest BCUT2D eigenvalue weighted by Gasteiger charge is 2.11. The highest BCUT2D eigenvalue weighted by molar-refractivity contribution is 6.30. The number of amides is 2. The van der Waals surface area contributed by atoms with Crippen molar-refractivity contribution in [2.24, 2.45) is 0 Å². The van der Waals surface area contributed by atoms with Gasteiger partial charge >= 0.3 is 0 Å². The number of pyridine rings is 1. The van der Waals surface area contributed by atoms with Crippen LogP contribution in [0.25, 0.3) is 0 Å². The van der Waals surface area contributed by atoms with Crippen molar-refractivity contribution in [1.29, 1.82) is 0 Å². The minimum atomic E-state index is -0.297. The highest BCUT2D eigenvalue weighted by atomic mass is 35.5. The summed E-state index contributed by atoms with van der Waals surface area (Å²) < 4.78 is 0. The summed E-state index contributed by atoms with van der Waals surface area (Å²) in [7, 11) is 3.85. The molecule has 2 N–H and O–H groups in total. The molecule has 0 radical (unpaired) electrons. The maximum atomic E-state index is 12.3. The topological polar surface area (TPSA) is 74.3 Å². The SMILES string of the molecule is CN(C)CCNC(=O)c1cc(C(=O)NCc2ccc(Cl)cc2)ccn1. The molecule has 0 saturated carbocycles. The van der Waals surface area contributed by atoms with Gasteiger partial charge in [0.25, 0.3) is 11.8 Å². The number of hydrogen-bond donors (Lipinski definition) is 2.